The number of benzene rings is 1. The quantitative estimate of drug-likeness (QED) is 0.450. The molecule has 0 radical (unpaired) electrons. The number of rotatable bonds is 7. The molecule has 0 bridgehead atoms. The van der Waals surface area contributed by atoms with Crippen LogP contribution in [0.3, 0.4) is 0 Å². The zero-order chi connectivity index (χ0) is 12.5. The van der Waals surface area contributed by atoms with Gasteiger partial charge in [0.1, 0.15) is 5.75 Å². The highest BCUT2D eigenvalue weighted by Crippen LogP contribution is 2.13. The van der Waals surface area contributed by atoms with E-state index in [9.17, 15) is 4.79 Å². The number of unbranched alkanes of at least 4 members (excludes halogenated alkanes) is 2. The molecule has 0 aliphatic carbocycles. The van der Waals surface area contributed by atoms with Crippen LogP contribution in [0, 0.1) is 0 Å². The SMILES string of the molecule is CCc1ccc(OC(=O)CCCCCO)cc1. The van der Waals surface area contributed by atoms with Crippen LogP contribution in [0.2, 0.25) is 0 Å². The Kier molecular flexibility index (Phi) is 6.33. The van der Waals surface area contributed by atoms with Crippen molar-refractivity contribution in [3.63, 3.8) is 0 Å². The second-order valence-corrected chi connectivity index (χ2v) is 4.01. The number of aryl methyl sites for hydroxylation is 1. The highest BCUT2D eigenvalue weighted by molar-refractivity contribution is 5.72. The normalized spacial score (nSPS) is 10.2. The van der Waals surface area contributed by atoms with E-state index in [1.807, 2.05) is 24.3 Å². The molecule has 1 aromatic carbocycles. The van der Waals surface area contributed by atoms with Gasteiger partial charge in [-0.2, -0.15) is 0 Å². The van der Waals surface area contributed by atoms with Gasteiger partial charge < -0.3 is 9.84 Å². The summed E-state index contributed by atoms with van der Waals surface area (Å²) in [4.78, 5) is 11.4. The van der Waals surface area contributed by atoms with Crippen LogP contribution in [0.25, 0.3) is 0 Å². The molecule has 3 nitrogen and oxygen atoms in total. The summed E-state index contributed by atoms with van der Waals surface area (Å²) in [5.74, 6) is 0.404. The lowest BCUT2D eigenvalue weighted by Crippen LogP contribution is -2.07. The van der Waals surface area contributed by atoms with Crippen molar-refractivity contribution >= 4 is 5.97 Å². The molecule has 0 spiro atoms. The Morgan fingerprint density at radius 2 is 1.88 bits per heavy atom. The van der Waals surface area contributed by atoms with Gasteiger partial charge in [0.05, 0.1) is 0 Å². The summed E-state index contributed by atoms with van der Waals surface area (Å²) in [6.45, 7) is 2.27. The van der Waals surface area contributed by atoms with Gasteiger partial charge in [-0.25, -0.2) is 0 Å². The third-order valence-corrected chi connectivity index (χ3v) is 2.60. The summed E-state index contributed by atoms with van der Waals surface area (Å²) in [6.07, 6.45) is 3.77. The van der Waals surface area contributed by atoms with E-state index in [1.165, 1.54) is 5.56 Å². The molecule has 0 unspecified atom stereocenters. The molecule has 1 rings (SSSR count). The smallest absolute Gasteiger partial charge is 0.311 e. The minimum atomic E-state index is -0.202. The van der Waals surface area contributed by atoms with E-state index in [2.05, 4.69) is 6.92 Å². The average molecular weight is 236 g/mol. The monoisotopic (exact) mass is 236 g/mol. The fraction of sp³-hybridized carbons (Fsp3) is 0.500. The number of esters is 1. The van der Waals surface area contributed by atoms with Crippen LogP contribution < -0.4 is 4.74 Å². The van der Waals surface area contributed by atoms with E-state index in [0.29, 0.717) is 12.2 Å². The van der Waals surface area contributed by atoms with Gasteiger partial charge in [-0.15, -0.1) is 0 Å². The molecule has 3 heteroatoms. The number of hydrogen-bond donors (Lipinski definition) is 1. The van der Waals surface area contributed by atoms with Crippen LogP contribution >= 0.6 is 0 Å². The Morgan fingerprint density at radius 1 is 1.18 bits per heavy atom. The first-order valence-corrected chi connectivity index (χ1v) is 6.16. The second-order valence-electron chi connectivity index (χ2n) is 4.01. The molecule has 0 saturated heterocycles. The molecule has 1 N–H and O–H groups in total. The van der Waals surface area contributed by atoms with Gasteiger partial charge in [0, 0.05) is 13.0 Å². The number of ether oxygens (including phenoxy) is 1. The second kappa shape index (κ2) is 7.85. The molecule has 0 saturated carbocycles. The van der Waals surface area contributed by atoms with Crippen molar-refractivity contribution in [2.75, 3.05) is 6.61 Å². The first-order valence-electron chi connectivity index (χ1n) is 6.16. The van der Waals surface area contributed by atoms with E-state index in [-0.39, 0.29) is 12.6 Å². The van der Waals surface area contributed by atoms with Crippen molar-refractivity contribution in [2.24, 2.45) is 0 Å². The van der Waals surface area contributed by atoms with Gasteiger partial charge >= 0.3 is 5.97 Å². The highest BCUT2D eigenvalue weighted by atomic mass is 16.5. The van der Waals surface area contributed by atoms with E-state index >= 15 is 0 Å². The zero-order valence-corrected chi connectivity index (χ0v) is 10.3. The van der Waals surface area contributed by atoms with Crippen molar-refractivity contribution in [1.29, 1.82) is 0 Å². The predicted octanol–water partition coefficient (Wildman–Crippen LogP) is 2.71. The fourth-order valence-electron chi connectivity index (χ4n) is 1.53. The molecule has 1 aromatic rings. The van der Waals surface area contributed by atoms with E-state index in [4.69, 9.17) is 9.84 Å². The van der Waals surface area contributed by atoms with Gasteiger partial charge in [0.15, 0.2) is 0 Å². The van der Waals surface area contributed by atoms with Crippen molar-refractivity contribution < 1.29 is 14.6 Å². The Balaban J connectivity index is 2.29. The topological polar surface area (TPSA) is 46.5 Å². The van der Waals surface area contributed by atoms with Crippen LogP contribution in [0.4, 0.5) is 0 Å². The summed E-state index contributed by atoms with van der Waals surface area (Å²) >= 11 is 0. The standard InChI is InChI=1S/C14H20O3/c1-2-12-7-9-13(10-8-12)17-14(16)6-4-3-5-11-15/h7-10,15H,2-6,11H2,1H3. The van der Waals surface area contributed by atoms with Crippen molar-refractivity contribution in [2.45, 2.75) is 39.0 Å². The van der Waals surface area contributed by atoms with Gasteiger partial charge in [0.25, 0.3) is 0 Å². The van der Waals surface area contributed by atoms with Crippen molar-refractivity contribution in [3.8, 4) is 5.75 Å². The molecule has 17 heavy (non-hydrogen) atoms. The van der Waals surface area contributed by atoms with Crippen molar-refractivity contribution in [1.82, 2.24) is 0 Å². The lowest BCUT2D eigenvalue weighted by molar-refractivity contribution is -0.134. The molecule has 0 heterocycles. The fourth-order valence-corrected chi connectivity index (χ4v) is 1.53. The lowest BCUT2D eigenvalue weighted by Gasteiger charge is -2.04. The Morgan fingerprint density at radius 3 is 2.47 bits per heavy atom. The third-order valence-electron chi connectivity index (χ3n) is 2.60. The van der Waals surface area contributed by atoms with Crippen LogP contribution in [-0.4, -0.2) is 17.7 Å². The molecule has 0 atom stereocenters. The minimum absolute atomic E-state index is 0.188. The van der Waals surface area contributed by atoms with E-state index in [0.717, 1.165) is 25.7 Å². The van der Waals surface area contributed by atoms with E-state index < -0.39 is 0 Å². The number of carbonyl (C=O) groups is 1. The van der Waals surface area contributed by atoms with Crippen LogP contribution in [0.1, 0.15) is 38.2 Å². The molecular formula is C14H20O3. The minimum Gasteiger partial charge on any atom is -0.427 e. The first-order chi connectivity index (χ1) is 8.26. The van der Waals surface area contributed by atoms with Gasteiger partial charge in [-0.3, -0.25) is 4.79 Å². The van der Waals surface area contributed by atoms with Crippen molar-refractivity contribution in [3.05, 3.63) is 29.8 Å². The number of hydrogen-bond acceptors (Lipinski definition) is 3. The summed E-state index contributed by atoms with van der Waals surface area (Å²) in [7, 11) is 0. The van der Waals surface area contributed by atoms with Gasteiger partial charge in [-0.05, 0) is 37.0 Å². The summed E-state index contributed by atoms with van der Waals surface area (Å²) in [6, 6.07) is 7.58. The Bertz CT molecular complexity index is 330. The number of carbonyl (C=O) groups excluding carboxylic acids is 1. The molecular weight excluding hydrogens is 216 g/mol. The largest absolute Gasteiger partial charge is 0.427 e. The maximum absolute atomic E-state index is 11.4. The molecule has 0 fully saturated rings. The molecule has 94 valence electrons. The lowest BCUT2D eigenvalue weighted by atomic mass is 10.2. The first kappa shape index (κ1) is 13.7. The summed E-state index contributed by atoms with van der Waals surface area (Å²) in [5, 5.41) is 8.60. The average Bonchev–Trinajstić information content (AvgIpc) is 2.36. The predicted molar refractivity (Wildman–Crippen MR) is 67.0 cm³/mol. The van der Waals surface area contributed by atoms with Crippen LogP contribution in [0.15, 0.2) is 24.3 Å². The number of aliphatic hydroxyl groups is 1. The van der Waals surface area contributed by atoms with Crippen LogP contribution in [0.5, 0.6) is 5.75 Å². The molecule has 0 aliphatic rings. The van der Waals surface area contributed by atoms with Gasteiger partial charge in [-0.1, -0.05) is 25.5 Å². The molecule has 0 amide bonds. The Hall–Kier alpha value is -1.35. The summed E-state index contributed by atoms with van der Waals surface area (Å²) < 4.78 is 5.19. The van der Waals surface area contributed by atoms with Gasteiger partial charge in [0.2, 0.25) is 0 Å². The maximum atomic E-state index is 11.4. The van der Waals surface area contributed by atoms with Crippen LogP contribution in [-0.2, 0) is 11.2 Å². The highest BCUT2D eigenvalue weighted by Gasteiger charge is 2.04. The molecule has 0 aliphatic heterocycles. The Labute approximate surface area is 102 Å². The zero-order valence-electron chi connectivity index (χ0n) is 10.3. The number of aliphatic hydroxyl groups excluding tert-OH is 1. The summed E-state index contributed by atoms with van der Waals surface area (Å²) in [5.41, 5.74) is 1.23. The maximum Gasteiger partial charge on any atom is 0.311 e. The van der Waals surface area contributed by atoms with E-state index in [1.54, 1.807) is 0 Å². The molecule has 0 aromatic heterocycles. The third kappa shape index (κ3) is 5.50.